The van der Waals surface area contributed by atoms with E-state index in [1.54, 1.807) is 12.1 Å². The van der Waals surface area contributed by atoms with Crippen molar-refractivity contribution >= 4 is 0 Å². The van der Waals surface area contributed by atoms with Gasteiger partial charge in [-0.3, -0.25) is 4.90 Å². The number of hydrogen-bond acceptors (Lipinski definition) is 2. The third-order valence-corrected chi connectivity index (χ3v) is 4.73. The van der Waals surface area contributed by atoms with E-state index in [0.29, 0.717) is 12.1 Å². The van der Waals surface area contributed by atoms with Crippen LogP contribution in [-0.4, -0.2) is 30.1 Å². The molecule has 2 atom stereocenters. The fourth-order valence-electron chi connectivity index (χ4n) is 3.06. The van der Waals surface area contributed by atoms with Gasteiger partial charge < -0.3 is 5.32 Å². The van der Waals surface area contributed by atoms with Crippen molar-refractivity contribution in [1.82, 2.24) is 10.2 Å². The molecule has 0 aliphatic carbocycles. The van der Waals surface area contributed by atoms with Crippen LogP contribution in [0.4, 0.5) is 4.39 Å². The van der Waals surface area contributed by atoms with Crippen LogP contribution in [0.3, 0.4) is 0 Å². The van der Waals surface area contributed by atoms with E-state index in [2.05, 4.69) is 44.8 Å². The lowest BCUT2D eigenvalue weighted by Gasteiger charge is -2.45. The van der Waals surface area contributed by atoms with Crippen molar-refractivity contribution in [2.24, 2.45) is 5.41 Å². The molecule has 2 nitrogen and oxygen atoms in total. The van der Waals surface area contributed by atoms with E-state index < -0.39 is 0 Å². The summed E-state index contributed by atoms with van der Waals surface area (Å²) < 4.78 is 13.5. The molecule has 1 N–H and O–H groups in total. The van der Waals surface area contributed by atoms with E-state index in [-0.39, 0.29) is 11.2 Å². The van der Waals surface area contributed by atoms with Gasteiger partial charge >= 0.3 is 0 Å². The highest BCUT2D eigenvalue weighted by Gasteiger charge is 2.33. The van der Waals surface area contributed by atoms with E-state index in [1.807, 2.05) is 6.07 Å². The largest absolute Gasteiger partial charge is 0.311 e. The molecule has 1 saturated heterocycles. The third kappa shape index (κ3) is 4.04. The minimum Gasteiger partial charge on any atom is -0.311 e. The first-order chi connectivity index (χ1) is 9.81. The Morgan fingerprint density at radius 2 is 2.05 bits per heavy atom. The number of aryl methyl sites for hydroxylation is 1. The molecule has 0 bridgehead atoms. The van der Waals surface area contributed by atoms with Gasteiger partial charge in [0.05, 0.1) is 0 Å². The Morgan fingerprint density at radius 3 is 2.67 bits per heavy atom. The van der Waals surface area contributed by atoms with Crippen LogP contribution in [0.5, 0.6) is 0 Å². The van der Waals surface area contributed by atoms with Crippen molar-refractivity contribution in [2.45, 2.75) is 59.7 Å². The first kappa shape index (κ1) is 16.4. The number of nitrogens with zero attached hydrogens (tertiary/aromatic N) is 1. The molecule has 0 saturated carbocycles. The van der Waals surface area contributed by atoms with Gasteiger partial charge in [0.15, 0.2) is 0 Å². The van der Waals surface area contributed by atoms with Crippen LogP contribution < -0.4 is 5.32 Å². The van der Waals surface area contributed by atoms with Crippen LogP contribution in [-0.2, 0) is 6.54 Å². The summed E-state index contributed by atoms with van der Waals surface area (Å²) in [7, 11) is 0. The fourth-order valence-corrected chi connectivity index (χ4v) is 3.06. The monoisotopic (exact) mass is 292 g/mol. The van der Waals surface area contributed by atoms with Crippen molar-refractivity contribution in [3.05, 3.63) is 35.1 Å². The third-order valence-electron chi connectivity index (χ3n) is 4.73. The Morgan fingerprint density at radius 1 is 1.33 bits per heavy atom. The molecule has 2 rings (SSSR count). The molecule has 0 radical (unpaired) electrons. The highest BCUT2D eigenvalue weighted by atomic mass is 19.1. The minimum atomic E-state index is -0.133. The van der Waals surface area contributed by atoms with Gasteiger partial charge in [-0.25, -0.2) is 4.39 Å². The average Bonchev–Trinajstić information content (AvgIpc) is 2.42. The molecule has 3 heteroatoms. The van der Waals surface area contributed by atoms with Crippen molar-refractivity contribution in [3.63, 3.8) is 0 Å². The molecule has 1 aliphatic rings. The van der Waals surface area contributed by atoms with Crippen LogP contribution >= 0.6 is 0 Å². The summed E-state index contributed by atoms with van der Waals surface area (Å²) in [6, 6.07) is 6.14. The summed E-state index contributed by atoms with van der Waals surface area (Å²) in [6.45, 7) is 14.0. The van der Waals surface area contributed by atoms with Crippen molar-refractivity contribution < 1.29 is 4.39 Å². The van der Waals surface area contributed by atoms with Gasteiger partial charge in [0.2, 0.25) is 0 Å². The maximum atomic E-state index is 13.5. The molecule has 1 heterocycles. The maximum absolute atomic E-state index is 13.5. The van der Waals surface area contributed by atoms with Gasteiger partial charge in [-0.05, 0) is 42.0 Å². The van der Waals surface area contributed by atoms with Gasteiger partial charge in [0.25, 0.3) is 0 Å². The maximum Gasteiger partial charge on any atom is 0.123 e. The van der Waals surface area contributed by atoms with Crippen LogP contribution in [0.15, 0.2) is 18.2 Å². The van der Waals surface area contributed by atoms with Gasteiger partial charge in [0, 0.05) is 31.7 Å². The van der Waals surface area contributed by atoms with Crippen LogP contribution in [0, 0.1) is 18.2 Å². The number of nitrogens with one attached hydrogen (secondary N) is 1. The molecular formula is C18H29FN2. The Kier molecular flexibility index (Phi) is 5.05. The molecule has 2 unspecified atom stereocenters. The van der Waals surface area contributed by atoms with Gasteiger partial charge in [0.1, 0.15) is 5.82 Å². The summed E-state index contributed by atoms with van der Waals surface area (Å²) in [6.07, 6.45) is 1.12. The predicted molar refractivity (Wildman–Crippen MR) is 86.9 cm³/mol. The summed E-state index contributed by atoms with van der Waals surface area (Å²) in [5.74, 6) is -0.133. The quantitative estimate of drug-likeness (QED) is 0.913. The van der Waals surface area contributed by atoms with Crippen LogP contribution in [0.2, 0.25) is 0 Å². The molecule has 0 spiro atoms. The Hall–Kier alpha value is -0.930. The zero-order chi connectivity index (χ0) is 15.6. The predicted octanol–water partition coefficient (Wildman–Crippen LogP) is 3.73. The second-order valence-corrected chi connectivity index (χ2v) is 7.39. The number of halogens is 1. The standard InChI is InChI=1S/C18H29FN2/c1-6-16-10-20-17(18(3,4)5)12-21(16)11-14-9-15(19)8-7-13(14)2/h7-9,16-17,20H,6,10-12H2,1-5H3. The average molecular weight is 292 g/mol. The van der Waals surface area contributed by atoms with Crippen LogP contribution in [0.25, 0.3) is 0 Å². The molecule has 21 heavy (non-hydrogen) atoms. The van der Waals surface area contributed by atoms with Crippen molar-refractivity contribution in [1.29, 1.82) is 0 Å². The summed E-state index contributed by atoms with van der Waals surface area (Å²) in [5.41, 5.74) is 2.54. The number of hydrogen-bond donors (Lipinski definition) is 1. The van der Waals surface area contributed by atoms with E-state index in [4.69, 9.17) is 0 Å². The van der Waals surface area contributed by atoms with Gasteiger partial charge in [-0.1, -0.05) is 33.8 Å². The number of rotatable bonds is 3. The molecule has 0 aromatic heterocycles. The summed E-state index contributed by atoms with van der Waals surface area (Å²) in [4.78, 5) is 2.52. The zero-order valence-corrected chi connectivity index (χ0v) is 14.0. The van der Waals surface area contributed by atoms with Crippen molar-refractivity contribution in [3.8, 4) is 0 Å². The van der Waals surface area contributed by atoms with Crippen molar-refractivity contribution in [2.75, 3.05) is 13.1 Å². The SMILES string of the molecule is CCC1CNC(C(C)(C)C)CN1Cc1cc(F)ccc1C. The molecule has 0 amide bonds. The van der Waals surface area contributed by atoms with E-state index in [1.165, 1.54) is 5.56 Å². The Bertz CT molecular complexity index is 479. The summed E-state index contributed by atoms with van der Waals surface area (Å²) in [5, 5.41) is 3.69. The first-order valence-electron chi connectivity index (χ1n) is 8.03. The molecule has 1 fully saturated rings. The Balaban J connectivity index is 2.16. The van der Waals surface area contributed by atoms with Crippen LogP contribution in [0.1, 0.15) is 45.2 Å². The second kappa shape index (κ2) is 6.45. The molecule has 1 aromatic carbocycles. The second-order valence-electron chi connectivity index (χ2n) is 7.39. The topological polar surface area (TPSA) is 15.3 Å². The highest BCUT2D eigenvalue weighted by Crippen LogP contribution is 2.26. The van der Waals surface area contributed by atoms with E-state index in [0.717, 1.165) is 31.6 Å². The lowest BCUT2D eigenvalue weighted by atomic mass is 9.84. The summed E-state index contributed by atoms with van der Waals surface area (Å²) >= 11 is 0. The number of piperazine rings is 1. The lowest BCUT2D eigenvalue weighted by Crippen LogP contribution is -2.59. The van der Waals surface area contributed by atoms with Gasteiger partial charge in [-0.2, -0.15) is 0 Å². The fraction of sp³-hybridized carbons (Fsp3) is 0.667. The lowest BCUT2D eigenvalue weighted by molar-refractivity contribution is 0.0773. The molecular weight excluding hydrogens is 263 g/mol. The molecule has 118 valence electrons. The van der Waals surface area contributed by atoms with Gasteiger partial charge in [-0.15, -0.1) is 0 Å². The highest BCUT2D eigenvalue weighted by molar-refractivity contribution is 5.26. The minimum absolute atomic E-state index is 0.133. The smallest absolute Gasteiger partial charge is 0.123 e. The molecule has 1 aliphatic heterocycles. The number of benzene rings is 1. The molecule has 1 aromatic rings. The van der Waals surface area contributed by atoms with E-state index >= 15 is 0 Å². The zero-order valence-electron chi connectivity index (χ0n) is 14.0. The Labute approximate surface area is 128 Å². The van der Waals surface area contributed by atoms with E-state index in [9.17, 15) is 4.39 Å². The normalized spacial score (nSPS) is 24.3. The first-order valence-corrected chi connectivity index (χ1v) is 8.03.